The highest BCUT2D eigenvalue weighted by Crippen LogP contribution is 2.42. The molecule has 4 atom stereocenters. The smallest absolute Gasteiger partial charge is 0.290 e. The van der Waals surface area contributed by atoms with Crippen LogP contribution in [0.1, 0.15) is 75.0 Å². The van der Waals surface area contributed by atoms with Crippen LogP contribution < -0.4 is 4.90 Å². The Morgan fingerprint density at radius 2 is 1.85 bits per heavy atom. The Balaban J connectivity index is 0.000000568. The zero-order chi connectivity index (χ0) is 29.0. The number of nitrogens with one attached hydrogen (secondary N) is 1. The Labute approximate surface area is 231 Å². The molecular formula is C29H36FN5O5. The molecule has 3 heterocycles. The third kappa shape index (κ3) is 5.51. The number of benzene rings is 2. The summed E-state index contributed by atoms with van der Waals surface area (Å²) in [7, 11) is 2.14. The number of carbonyl (C=O) groups is 2. The molecule has 40 heavy (non-hydrogen) atoms. The van der Waals surface area contributed by atoms with Gasteiger partial charge in [0.25, 0.3) is 12.9 Å². The van der Waals surface area contributed by atoms with E-state index in [0.717, 1.165) is 43.1 Å². The lowest BCUT2D eigenvalue weighted by atomic mass is 9.86. The van der Waals surface area contributed by atoms with Crippen molar-refractivity contribution in [1.29, 1.82) is 0 Å². The monoisotopic (exact) mass is 553 g/mol. The molecule has 2 aromatic carbocycles. The first-order valence-electron chi connectivity index (χ1n) is 13.5. The third-order valence-corrected chi connectivity index (χ3v) is 8.18. The van der Waals surface area contributed by atoms with Crippen LogP contribution in [-0.4, -0.2) is 61.1 Å². The van der Waals surface area contributed by atoms with E-state index in [1.165, 1.54) is 29.8 Å². The SMILES string of the molecule is CC1CCCC(n2c(C(O)c3cc(F)cc4cn[nH]c34)nc3c4c(ccc32)N(C)C(C)CC4)C1.O=CO.O=CO. The van der Waals surface area contributed by atoms with Gasteiger partial charge in [0.2, 0.25) is 0 Å². The second kappa shape index (κ2) is 12.5. The minimum absolute atomic E-state index is 0.250. The Kier molecular flexibility index (Phi) is 9.03. The van der Waals surface area contributed by atoms with Gasteiger partial charge in [0, 0.05) is 41.3 Å². The fraction of sp³-hybridized carbons (Fsp3) is 0.448. The summed E-state index contributed by atoms with van der Waals surface area (Å²) in [6.07, 6.45) is 7.10. The lowest BCUT2D eigenvalue weighted by molar-refractivity contribution is -0.123. The number of nitrogens with zero attached hydrogens (tertiary/aromatic N) is 4. The predicted molar refractivity (Wildman–Crippen MR) is 150 cm³/mol. The second-order valence-electron chi connectivity index (χ2n) is 10.6. The van der Waals surface area contributed by atoms with Crippen molar-refractivity contribution < 1.29 is 29.3 Å². The standard InChI is InChI=1S/C27H32FN5O.2CH2O2/c1-15-5-4-6-19(11-15)33-23-10-9-22-20(8-7-16(2)32(22)3)25(23)30-27(33)26(34)21-13-18(28)12-17-14-29-31-24(17)21;2*2-1-3/h9-10,12-16,19,26,34H,4-8,11H2,1-3H3,(H,29,31);2*1H,(H,2,3). The molecule has 2 aromatic heterocycles. The second-order valence-corrected chi connectivity index (χ2v) is 10.6. The van der Waals surface area contributed by atoms with Gasteiger partial charge in [-0.2, -0.15) is 5.10 Å². The normalized spacial score (nSPS) is 21.0. The predicted octanol–water partition coefficient (Wildman–Crippen LogP) is 5.06. The summed E-state index contributed by atoms with van der Waals surface area (Å²) in [5, 5.41) is 33.2. The van der Waals surface area contributed by atoms with E-state index in [1.54, 1.807) is 6.20 Å². The maximum atomic E-state index is 14.5. The van der Waals surface area contributed by atoms with Crippen molar-refractivity contribution in [1.82, 2.24) is 19.7 Å². The van der Waals surface area contributed by atoms with Crippen molar-refractivity contribution in [2.45, 2.75) is 70.6 Å². The topological polar surface area (TPSA) is 145 Å². The van der Waals surface area contributed by atoms with Crippen LogP contribution in [0.4, 0.5) is 10.1 Å². The number of hydrogen-bond donors (Lipinski definition) is 4. The Hall–Kier alpha value is -3.99. The first-order chi connectivity index (χ1) is 19.2. The largest absolute Gasteiger partial charge is 0.483 e. The van der Waals surface area contributed by atoms with E-state index in [0.29, 0.717) is 34.3 Å². The zero-order valence-corrected chi connectivity index (χ0v) is 22.9. The molecule has 10 nitrogen and oxygen atoms in total. The number of H-pyrrole nitrogens is 1. The molecule has 4 unspecified atom stereocenters. The highest BCUT2D eigenvalue weighted by molar-refractivity contribution is 5.87. The third-order valence-electron chi connectivity index (χ3n) is 8.18. The van der Waals surface area contributed by atoms with E-state index in [2.05, 4.69) is 52.7 Å². The van der Waals surface area contributed by atoms with Crippen LogP contribution in [0.25, 0.3) is 21.9 Å². The van der Waals surface area contributed by atoms with Gasteiger partial charge in [-0.25, -0.2) is 9.37 Å². The molecule has 0 radical (unpaired) electrons. The Bertz CT molecular complexity index is 1480. The van der Waals surface area contributed by atoms with Gasteiger partial charge in [0.1, 0.15) is 17.7 Å². The minimum atomic E-state index is -1.06. The molecule has 0 amide bonds. The van der Waals surface area contributed by atoms with Crippen molar-refractivity contribution >= 4 is 40.6 Å². The molecule has 0 spiro atoms. The average molecular weight is 554 g/mol. The van der Waals surface area contributed by atoms with Crippen LogP contribution in [0.3, 0.4) is 0 Å². The first-order valence-corrected chi connectivity index (χ1v) is 13.5. The summed E-state index contributed by atoms with van der Waals surface area (Å²) in [6, 6.07) is 7.98. The van der Waals surface area contributed by atoms with Crippen LogP contribution in [-0.2, 0) is 16.0 Å². The highest BCUT2D eigenvalue weighted by Gasteiger charge is 2.31. The number of hydrogen-bond acceptors (Lipinski definition) is 6. The molecule has 6 rings (SSSR count). The number of aliphatic hydroxyl groups is 1. The van der Waals surface area contributed by atoms with Crippen molar-refractivity contribution in [2.24, 2.45) is 5.92 Å². The fourth-order valence-electron chi connectivity index (χ4n) is 6.20. The van der Waals surface area contributed by atoms with Crippen LogP contribution >= 0.6 is 0 Å². The maximum absolute atomic E-state index is 14.5. The van der Waals surface area contributed by atoms with E-state index < -0.39 is 6.10 Å². The Morgan fingerprint density at radius 3 is 2.55 bits per heavy atom. The molecule has 1 aliphatic carbocycles. The number of anilines is 1. The van der Waals surface area contributed by atoms with E-state index in [9.17, 15) is 9.50 Å². The summed E-state index contributed by atoms with van der Waals surface area (Å²) in [4.78, 5) is 24.2. The van der Waals surface area contributed by atoms with Gasteiger partial charge < -0.3 is 24.8 Å². The first kappa shape index (κ1) is 29.0. The molecule has 11 heteroatoms. The molecule has 1 fully saturated rings. The van der Waals surface area contributed by atoms with Crippen molar-refractivity contribution in [3.05, 3.63) is 53.2 Å². The van der Waals surface area contributed by atoms with E-state index in [4.69, 9.17) is 24.8 Å². The number of carboxylic acid groups (broad SMARTS) is 2. The number of halogens is 1. The summed E-state index contributed by atoms with van der Waals surface area (Å²) in [5.74, 6) is 0.842. The lowest BCUT2D eigenvalue weighted by Gasteiger charge is -2.34. The lowest BCUT2D eigenvalue weighted by Crippen LogP contribution is -2.33. The number of aromatic amines is 1. The van der Waals surface area contributed by atoms with Gasteiger partial charge in [0.15, 0.2) is 0 Å². The van der Waals surface area contributed by atoms with Gasteiger partial charge in [-0.3, -0.25) is 14.7 Å². The van der Waals surface area contributed by atoms with E-state index in [1.807, 2.05) is 0 Å². The van der Waals surface area contributed by atoms with Gasteiger partial charge in [-0.15, -0.1) is 0 Å². The van der Waals surface area contributed by atoms with E-state index in [-0.39, 0.29) is 24.8 Å². The van der Waals surface area contributed by atoms with Crippen molar-refractivity contribution in [2.75, 3.05) is 11.9 Å². The van der Waals surface area contributed by atoms with Gasteiger partial charge in [-0.05, 0) is 62.8 Å². The Morgan fingerprint density at radius 1 is 1.12 bits per heavy atom. The number of imidazole rings is 1. The summed E-state index contributed by atoms with van der Waals surface area (Å²) < 4.78 is 16.7. The molecule has 0 saturated heterocycles. The summed E-state index contributed by atoms with van der Waals surface area (Å²) >= 11 is 0. The van der Waals surface area contributed by atoms with E-state index >= 15 is 0 Å². The maximum Gasteiger partial charge on any atom is 0.290 e. The number of rotatable bonds is 3. The molecule has 2 aliphatic rings. The molecule has 0 bridgehead atoms. The molecular weight excluding hydrogens is 517 g/mol. The van der Waals surface area contributed by atoms with Crippen molar-refractivity contribution in [3.63, 3.8) is 0 Å². The van der Waals surface area contributed by atoms with Crippen LogP contribution in [0.15, 0.2) is 30.5 Å². The van der Waals surface area contributed by atoms with Crippen LogP contribution in [0, 0.1) is 11.7 Å². The number of aryl methyl sites for hydroxylation is 1. The van der Waals surface area contributed by atoms with Crippen LogP contribution in [0.2, 0.25) is 0 Å². The zero-order valence-electron chi connectivity index (χ0n) is 22.9. The number of aromatic nitrogens is 4. The van der Waals surface area contributed by atoms with Gasteiger partial charge in [-0.1, -0.05) is 19.8 Å². The molecule has 1 aliphatic heterocycles. The number of aliphatic hydroxyl groups excluding tert-OH is 1. The van der Waals surface area contributed by atoms with Crippen LogP contribution in [0.5, 0.6) is 0 Å². The highest BCUT2D eigenvalue weighted by atomic mass is 19.1. The van der Waals surface area contributed by atoms with Gasteiger partial charge >= 0.3 is 0 Å². The fourth-order valence-corrected chi connectivity index (χ4v) is 6.20. The quantitative estimate of drug-likeness (QED) is 0.258. The molecule has 4 N–H and O–H groups in total. The average Bonchev–Trinajstić information content (AvgIpc) is 3.55. The van der Waals surface area contributed by atoms with Crippen molar-refractivity contribution in [3.8, 4) is 0 Å². The molecule has 4 aromatic rings. The number of fused-ring (bicyclic) bond motifs is 4. The molecule has 214 valence electrons. The van der Waals surface area contributed by atoms with Gasteiger partial charge in [0.05, 0.1) is 22.7 Å². The minimum Gasteiger partial charge on any atom is -0.483 e. The summed E-state index contributed by atoms with van der Waals surface area (Å²) in [6.45, 7) is 4.06. The molecule has 1 saturated carbocycles. The summed E-state index contributed by atoms with van der Waals surface area (Å²) in [5.41, 5.74) is 5.65.